The van der Waals surface area contributed by atoms with Gasteiger partial charge in [-0.15, -0.1) is 0 Å². The second-order valence-corrected chi connectivity index (χ2v) is 7.32. The van der Waals surface area contributed by atoms with Crippen LogP contribution in [0.25, 0.3) is 0 Å². The van der Waals surface area contributed by atoms with Crippen molar-refractivity contribution in [3.63, 3.8) is 0 Å². The van der Waals surface area contributed by atoms with Gasteiger partial charge in [-0.1, -0.05) is 18.2 Å². The summed E-state index contributed by atoms with van der Waals surface area (Å²) >= 11 is 0. The molecular weight excluding hydrogens is 398 g/mol. The third kappa shape index (κ3) is 4.95. The number of aryl methyl sites for hydroxylation is 2. The molecule has 0 aliphatic heterocycles. The maximum absolute atomic E-state index is 12.7. The quantitative estimate of drug-likeness (QED) is 0.461. The summed E-state index contributed by atoms with van der Waals surface area (Å²) < 4.78 is 1.58. The minimum atomic E-state index is -0.428. The van der Waals surface area contributed by atoms with E-state index in [2.05, 4.69) is 15.7 Å². The summed E-state index contributed by atoms with van der Waals surface area (Å²) in [5.41, 5.74) is 4.14. The average Bonchev–Trinajstić information content (AvgIpc) is 2.97. The third-order valence-electron chi connectivity index (χ3n) is 4.81. The lowest BCUT2D eigenvalue weighted by atomic mass is 10.1. The van der Waals surface area contributed by atoms with E-state index in [4.69, 9.17) is 0 Å². The Morgan fingerprint density at radius 3 is 2.29 bits per heavy atom. The molecule has 3 aromatic rings. The lowest BCUT2D eigenvalue weighted by molar-refractivity contribution is -0.386. The molecular formula is C22H23N5O4. The van der Waals surface area contributed by atoms with Crippen LogP contribution in [0.3, 0.4) is 0 Å². The molecule has 160 valence electrons. The molecule has 0 unspecified atom stereocenters. The van der Waals surface area contributed by atoms with Crippen LogP contribution in [0.1, 0.15) is 39.8 Å². The van der Waals surface area contributed by atoms with E-state index >= 15 is 0 Å². The van der Waals surface area contributed by atoms with Gasteiger partial charge in [0.2, 0.25) is 5.91 Å². The Morgan fingerprint density at radius 1 is 1.03 bits per heavy atom. The molecule has 0 spiro atoms. The lowest BCUT2D eigenvalue weighted by Gasteiger charge is -2.13. The number of nitrogens with one attached hydrogen (secondary N) is 2. The third-order valence-corrected chi connectivity index (χ3v) is 4.81. The summed E-state index contributed by atoms with van der Waals surface area (Å²) in [7, 11) is 0. The zero-order valence-electron chi connectivity index (χ0n) is 17.7. The normalized spacial score (nSPS) is 10.6. The van der Waals surface area contributed by atoms with E-state index in [-0.39, 0.29) is 17.5 Å². The van der Waals surface area contributed by atoms with Crippen LogP contribution >= 0.6 is 0 Å². The Bertz CT molecular complexity index is 1170. The monoisotopic (exact) mass is 421 g/mol. The predicted octanol–water partition coefficient (Wildman–Crippen LogP) is 3.98. The van der Waals surface area contributed by atoms with Crippen LogP contribution in [0, 0.1) is 30.9 Å². The van der Waals surface area contributed by atoms with Crippen LogP contribution in [-0.4, -0.2) is 26.5 Å². The molecule has 9 heteroatoms. The van der Waals surface area contributed by atoms with Gasteiger partial charge in [-0.3, -0.25) is 24.4 Å². The van der Waals surface area contributed by atoms with Crippen molar-refractivity contribution in [1.29, 1.82) is 0 Å². The van der Waals surface area contributed by atoms with E-state index in [0.29, 0.717) is 34.9 Å². The van der Waals surface area contributed by atoms with Gasteiger partial charge in [-0.25, -0.2) is 0 Å². The number of carbonyl (C=O) groups is 2. The van der Waals surface area contributed by atoms with Gasteiger partial charge in [-0.05, 0) is 56.2 Å². The number of benzene rings is 2. The van der Waals surface area contributed by atoms with Gasteiger partial charge in [0.05, 0.1) is 22.8 Å². The molecule has 0 bridgehead atoms. The Balaban J connectivity index is 1.76. The summed E-state index contributed by atoms with van der Waals surface area (Å²) in [5.74, 6) is -0.543. The molecule has 0 saturated carbocycles. The van der Waals surface area contributed by atoms with Crippen LogP contribution in [-0.2, 0) is 11.3 Å². The Hall–Kier alpha value is -4.01. The first-order valence-corrected chi connectivity index (χ1v) is 9.62. The van der Waals surface area contributed by atoms with E-state index in [1.54, 1.807) is 54.9 Å². The van der Waals surface area contributed by atoms with Crippen molar-refractivity contribution in [2.75, 3.05) is 10.6 Å². The van der Waals surface area contributed by atoms with E-state index in [9.17, 15) is 19.7 Å². The number of hydrogen-bond acceptors (Lipinski definition) is 5. The van der Waals surface area contributed by atoms with E-state index in [1.165, 1.54) is 6.92 Å². The highest BCUT2D eigenvalue weighted by Crippen LogP contribution is 2.25. The van der Waals surface area contributed by atoms with Crippen molar-refractivity contribution >= 4 is 28.9 Å². The fourth-order valence-electron chi connectivity index (χ4n) is 3.29. The zero-order valence-corrected chi connectivity index (χ0v) is 17.7. The van der Waals surface area contributed by atoms with Crippen molar-refractivity contribution in [1.82, 2.24) is 9.78 Å². The van der Waals surface area contributed by atoms with E-state index in [0.717, 1.165) is 11.1 Å². The summed E-state index contributed by atoms with van der Waals surface area (Å²) in [6, 6.07) is 12.3. The smallest absolute Gasteiger partial charge is 0.312 e. The van der Waals surface area contributed by atoms with Gasteiger partial charge in [0.15, 0.2) is 0 Å². The van der Waals surface area contributed by atoms with Gasteiger partial charge >= 0.3 is 5.69 Å². The van der Waals surface area contributed by atoms with Gasteiger partial charge in [0, 0.05) is 12.5 Å². The standard InChI is InChI=1S/C22H23N5O4/c1-13-5-10-19(23-16(4)28)20(11-13)24-22(29)18-8-6-17(7-9-18)12-26-15(3)21(27(30)31)14(2)25-26/h5-11H,12H2,1-4H3,(H,23,28)(H,24,29). The van der Waals surface area contributed by atoms with Crippen LogP contribution < -0.4 is 10.6 Å². The van der Waals surface area contributed by atoms with Crippen LogP contribution in [0.5, 0.6) is 0 Å². The molecule has 1 heterocycles. The molecule has 0 radical (unpaired) electrons. The van der Waals surface area contributed by atoms with Gasteiger partial charge in [0.1, 0.15) is 11.4 Å². The molecule has 31 heavy (non-hydrogen) atoms. The van der Waals surface area contributed by atoms with Crippen molar-refractivity contribution in [2.45, 2.75) is 34.2 Å². The molecule has 0 aliphatic carbocycles. The Morgan fingerprint density at radius 2 is 1.71 bits per heavy atom. The molecule has 0 saturated heterocycles. The van der Waals surface area contributed by atoms with E-state index < -0.39 is 4.92 Å². The molecule has 0 aliphatic rings. The number of hydrogen-bond donors (Lipinski definition) is 2. The Kier molecular flexibility index (Phi) is 6.15. The minimum absolute atomic E-state index is 0.0177. The predicted molar refractivity (Wildman–Crippen MR) is 117 cm³/mol. The van der Waals surface area contributed by atoms with E-state index in [1.807, 2.05) is 13.0 Å². The largest absolute Gasteiger partial charge is 0.325 e. The van der Waals surface area contributed by atoms with Gasteiger partial charge < -0.3 is 10.6 Å². The number of rotatable bonds is 6. The second-order valence-electron chi connectivity index (χ2n) is 7.32. The van der Waals surface area contributed by atoms with Crippen LogP contribution in [0.2, 0.25) is 0 Å². The summed E-state index contributed by atoms with van der Waals surface area (Å²) in [5, 5.41) is 20.9. The highest BCUT2D eigenvalue weighted by molar-refractivity contribution is 6.07. The van der Waals surface area contributed by atoms with Gasteiger partial charge in [-0.2, -0.15) is 5.10 Å². The number of nitro groups is 1. The van der Waals surface area contributed by atoms with Crippen molar-refractivity contribution < 1.29 is 14.5 Å². The zero-order chi connectivity index (χ0) is 22.7. The molecule has 9 nitrogen and oxygen atoms in total. The summed E-state index contributed by atoms with van der Waals surface area (Å²) in [4.78, 5) is 34.8. The van der Waals surface area contributed by atoms with Crippen molar-refractivity contribution in [3.8, 4) is 0 Å². The maximum atomic E-state index is 12.7. The highest BCUT2D eigenvalue weighted by Gasteiger charge is 2.21. The highest BCUT2D eigenvalue weighted by atomic mass is 16.6. The molecule has 3 rings (SSSR count). The topological polar surface area (TPSA) is 119 Å². The fraction of sp³-hybridized carbons (Fsp3) is 0.227. The lowest BCUT2D eigenvalue weighted by Crippen LogP contribution is -2.15. The average molecular weight is 421 g/mol. The molecule has 2 aromatic carbocycles. The summed E-state index contributed by atoms with van der Waals surface area (Å²) in [6.07, 6.45) is 0. The molecule has 1 aromatic heterocycles. The molecule has 0 atom stereocenters. The summed E-state index contributed by atoms with van der Waals surface area (Å²) in [6.45, 7) is 6.92. The molecule has 2 amide bonds. The second kappa shape index (κ2) is 8.78. The molecule has 2 N–H and O–H groups in total. The number of amides is 2. The van der Waals surface area contributed by atoms with Crippen LogP contribution in [0.15, 0.2) is 42.5 Å². The first-order valence-electron chi connectivity index (χ1n) is 9.62. The van der Waals surface area contributed by atoms with Crippen LogP contribution in [0.4, 0.5) is 17.1 Å². The number of carbonyl (C=O) groups excluding carboxylic acids is 2. The SMILES string of the molecule is CC(=O)Nc1ccc(C)cc1NC(=O)c1ccc(Cn2nc(C)c([N+](=O)[O-])c2C)cc1. The number of anilines is 2. The number of aromatic nitrogens is 2. The number of nitrogens with zero attached hydrogens (tertiary/aromatic N) is 3. The van der Waals surface area contributed by atoms with Crippen molar-refractivity contribution in [3.05, 3.63) is 80.7 Å². The maximum Gasteiger partial charge on any atom is 0.312 e. The van der Waals surface area contributed by atoms with Crippen molar-refractivity contribution in [2.24, 2.45) is 0 Å². The Labute approximate surface area is 179 Å². The first-order chi connectivity index (χ1) is 14.7. The fourth-order valence-corrected chi connectivity index (χ4v) is 3.29. The minimum Gasteiger partial charge on any atom is -0.325 e. The molecule has 0 fully saturated rings. The first kappa shape index (κ1) is 21.7. The van der Waals surface area contributed by atoms with Gasteiger partial charge in [0.25, 0.3) is 5.91 Å².